The highest BCUT2D eigenvalue weighted by atomic mass is 32.1. The van der Waals surface area contributed by atoms with E-state index in [2.05, 4.69) is 74.9 Å². The van der Waals surface area contributed by atoms with Crippen LogP contribution in [-0.2, 0) is 0 Å². The van der Waals surface area contributed by atoms with Gasteiger partial charge in [0.05, 0.1) is 11.0 Å². The van der Waals surface area contributed by atoms with Crippen LogP contribution in [0.25, 0.3) is 0 Å². The molecule has 0 aromatic heterocycles. The molecule has 0 bridgehead atoms. The Kier molecular flexibility index (Phi) is 10.8. The van der Waals surface area contributed by atoms with Crippen LogP contribution in [-0.4, -0.2) is 43.3 Å². The van der Waals surface area contributed by atoms with Crippen molar-refractivity contribution in [3.8, 4) is 0 Å². The lowest BCUT2D eigenvalue weighted by atomic mass is 9.78. The minimum Gasteiger partial charge on any atom is -0.381 e. The van der Waals surface area contributed by atoms with Gasteiger partial charge in [-0.3, -0.25) is 4.99 Å². The molecule has 0 aliphatic heterocycles. The number of hydrogen-bond donors (Lipinski definition) is 1. The molecule has 26 heavy (non-hydrogen) atoms. The van der Waals surface area contributed by atoms with Gasteiger partial charge in [0, 0.05) is 39.0 Å². The molecule has 4 heteroatoms. The Bertz CT molecular complexity index is 629. The van der Waals surface area contributed by atoms with Gasteiger partial charge < -0.3 is 10.2 Å². The van der Waals surface area contributed by atoms with E-state index in [1.807, 2.05) is 32.1 Å². The Morgan fingerprint density at radius 1 is 1.31 bits per heavy atom. The van der Waals surface area contributed by atoms with E-state index >= 15 is 0 Å². The monoisotopic (exact) mass is 373 g/mol. The van der Waals surface area contributed by atoms with Crippen LogP contribution in [0.3, 0.4) is 0 Å². The van der Waals surface area contributed by atoms with Gasteiger partial charge in [-0.2, -0.15) is 0 Å². The van der Waals surface area contributed by atoms with E-state index in [9.17, 15) is 0 Å². The Labute approximate surface area is 165 Å². The summed E-state index contributed by atoms with van der Waals surface area (Å²) in [5.41, 5.74) is 6.08. The summed E-state index contributed by atoms with van der Waals surface area (Å²) < 4.78 is 0. The third kappa shape index (κ3) is 7.12. The highest BCUT2D eigenvalue weighted by Crippen LogP contribution is 2.30. The summed E-state index contributed by atoms with van der Waals surface area (Å²) in [5.74, 6) is 0.191. The van der Waals surface area contributed by atoms with Crippen molar-refractivity contribution >= 4 is 23.9 Å². The Morgan fingerprint density at radius 3 is 2.15 bits per heavy atom. The fraction of sp³-hybridized carbons (Fsp3) is 0.455. The number of aryl methyl sites for hydroxylation is 2. The van der Waals surface area contributed by atoms with Crippen molar-refractivity contribution in [2.24, 2.45) is 10.9 Å². The molecule has 0 aliphatic rings. The van der Waals surface area contributed by atoms with Crippen LogP contribution < -0.4 is 5.32 Å². The highest BCUT2D eigenvalue weighted by molar-refractivity contribution is 7.78. The minimum atomic E-state index is -0.308. The van der Waals surface area contributed by atoms with E-state index in [4.69, 9.17) is 12.2 Å². The second-order valence-electron chi connectivity index (χ2n) is 6.86. The molecule has 0 spiro atoms. The van der Waals surface area contributed by atoms with Gasteiger partial charge in [0.1, 0.15) is 0 Å². The maximum absolute atomic E-state index is 4.97. The predicted octanol–water partition coefficient (Wildman–Crippen LogP) is 4.95. The summed E-state index contributed by atoms with van der Waals surface area (Å²) in [5, 5.41) is 3.27. The van der Waals surface area contributed by atoms with E-state index < -0.39 is 0 Å². The molecule has 2 atom stereocenters. The lowest BCUT2D eigenvalue weighted by molar-refractivity contribution is 0.324. The molecule has 144 valence electrons. The Hall–Kier alpha value is -1.94. The van der Waals surface area contributed by atoms with Gasteiger partial charge in [-0.1, -0.05) is 67.2 Å². The van der Waals surface area contributed by atoms with E-state index in [1.54, 1.807) is 12.5 Å². The summed E-state index contributed by atoms with van der Waals surface area (Å²) in [7, 11) is 5.77. The molecule has 0 saturated carbocycles. The van der Waals surface area contributed by atoms with Crippen LogP contribution in [0.4, 0.5) is 0 Å². The number of nitrogens with one attached hydrogen (secondary N) is 1. The molecule has 1 unspecified atom stereocenters. The summed E-state index contributed by atoms with van der Waals surface area (Å²) in [4.78, 5) is 6.15. The fourth-order valence-corrected chi connectivity index (χ4v) is 3.00. The lowest BCUT2D eigenvalue weighted by Crippen LogP contribution is -2.50. The summed E-state index contributed by atoms with van der Waals surface area (Å²) in [6, 6.07) is 8.45. The van der Waals surface area contributed by atoms with Gasteiger partial charge in [-0.25, -0.2) is 0 Å². The fourth-order valence-electron chi connectivity index (χ4n) is 2.76. The number of benzene rings is 1. The normalized spacial score (nSPS) is 14.7. The number of nitrogens with zero attached hydrogens (tertiary/aromatic N) is 2. The van der Waals surface area contributed by atoms with Crippen LogP contribution >= 0.6 is 12.2 Å². The first kappa shape index (κ1) is 24.1. The van der Waals surface area contributed by atoms with Crippen molar-refractivity contribution in [2.45, 2.75) is 40.2 Å². The molecule has 1 aromatic carbocycles. The first-order valence-corrected chi connectivity index (χ1v) is 9.30. The molecule has 1 aromatic rings. The number of rotatable bonds is 7. The van der Waals surface area contributed by atoms with E-state index in [1.165, 1.54) is 11.1 Å². The van der Waals surface area contributed by atoms with E-state index in [-0.39, 0.29) is 11.5 Å². The zero-order valence-electron chi connectivity index (χ0n) is 17.6. The van der Waals surface area contributed by atoms with E-state index in [0.717, 1.165) is 11.3 Å². The Morgan fingerprint density at radius 2 is 1.85 bits per heavy atom. The average molecular weight is 374 g/mol. The molecule has 0 radical (unpaired) electrons. The third-order valence-corrected chi connectivity index (χ3v) is 4.77. The van der Waals surface area contributed by atoms with Crippen LogP contribution in [0, 0.1) is 19.8 Å². The van der Waals surface area contributed by atoms with Gasteiger partial charge >= 0.3 is 0 Å². The number of thiocarbonyl (C=S) groups is 1. The molecular weight excluding hydrogens is 338 g/mol. The van der Waals surface area contributed by atoms with Crippen LogP contribution in [0.1, 0.15) is 31.9 Å². The number of hydrogen-bond acceptors (Lipinski definition) is 3. The van der Waals surface area contributed by atoms with Gasteiger partial charge in [0.2, 0.25) is 0 Å². The lowest BCUT2D eigenvalue weighted by Gasteiger charge is -2.39. The van der Waals surface area contributed by atoms with Crippen molar-refractivity contribution in [3.05, 3.63) is 59.3 Å². The first-order valence-electron chi connectivity index (χ1n) is 8.83. The number of aliphatic imine (C=N–C) groups is 1. The minimum absolute atomic E-state index is 0.191. The third-order valence-electron chi connectivity index (χ3n) is 4.65. The second kappa shape index (κ2) is 11.6. The maximum Gasteiger partial charge on any atom is 0.0690 e. The molecule has 0 heterocycles. The van der Waals surface area contributed by atoms with Crippen molar-refractivity contribution in [1.82, 2.24) is 10.2 Å². The van der Waals surface area contributed by atoms with Gasteiger partial charge in [-0.05, 0) is 33.3 Å². The molecule has 0 fully saturated rings. The zero-order valence-corrected chi connectivity index (χ0v) is 18.4. The largest absolute Gasteiger partial charge is 0.381 e. The van der Waals surface area contributed by atoms with Crippen LogP contribution in [0.5, 0.6) is 0 Å². The average Bonchev–Trinajstić information content (AvgIpc) is 2.58. The SMILES string of the molecule is C=C(C(C)[C@](C)(NC=S)/C(C=NC)=C/C)N(C)C.Cc1cccc(C)c1. The molecule has 3 nitrogen and oxygen atoms in total. The second-order valence-corrected chi connectivity index (χ2v) is 7.10. The maximum atomic E-state index is 4.97. The molecule has 0 saturated heterocycles. The molecule has 0 amide bonds. The van der Waals surface area contributed by atoms with Crippen molar-refractivity contribution < 1.29 is 0 Å². The smallest absolute Gasteiger partial charge is 0.0690 e. The summed E-state index contributed by atoms with van der Waals surface area (Å²) in [6.45, 7) is 14.6. The Balaban J connectivity index is 0.000000642. The first-order chi connectivity index (χ1) is 12.1. The molecule has 0 aliphatic carbocycles. The topological polar surface area (TPSA) is 27.6 Å². The van der Waals surface area contributed by atoms with E-state index in [0.29, 0.717) is 0 Å². The quantitative estimate of drug-likeness (QED) is 0.541. The zero-order chi connectivity index (χ0) is 20.3. The van der Waals surface area contributed by atoms with Crippen LogP contribution in [0.2, 0.25) is 0 Å². The molecule has 1 rings (SSSR count). The van der Waals surface area contributed by atoms with Gasteiger partial charge in [0.15, 0.2) is 0 Å². The van der Waals surface area contributed by atoms with Crippen molar-refractivity contribution in [2.75, 3.05) is 21.1 Å². The van der Waals surface area contributed by atoms with Crippen molar-refractivity contribution in [1.29, 1.82) is 0 Å². The summed E-state index contributed by atoms with van der Waals surface area (Å²) >= 11 is 4.97. The van der Waals surface area contributed by atoms with Crippen molar-refractivity contribution in [3.63, 3.8) is 0 Å². The predicted molar refractivity (Wildman–Crippen MR) is 121 cm³/mol. The highest BCUT2D eigenvalue weighted by Gasteiger charge is 2.35. The molecule has 1 N–H and O–H groups in total. The number of allylic oxidation sites excluding steroid dienone is 1. The summed E-state index contributed by atoms with van der Waals surface area (Å²) in [6.07, 6.45) is 3.92. The van der Waals surface area contributed by atoms with Crippen LogP contribution in [0.15, 0.2) is 53.2 Å². The van der Waals surface area contributed by atoms with Gasteiger partial charge in [-0.15, -0.1) is 0 Å². The molecular formula is C22H35N3S. The van der Waals surface area contributed by atoms with Gasteiger partial charge in [0.25, 0.3) is 0 Å². The standard InChI is InChI=1S/C14H25N3S.C8H10/c1-8-13(9-15-5)14(4,16-10-18)11(2)12(3)17(6)7;1-7-4-3-5-8(2)6-7/h8-11H,3H2,1-2,4-7H3,(H,16,18);3-6H,1-2H3/b13-8+,15-9?;/t11?,14-;/m0./s1.